The van der Waals surface area contributed by atoms with Gasteiger partial charge in [-0.2, -0.15) is 4.98 Å². The van der Waals surface area contributed by atoms with Crippen LogP contribution in [0, 0.1) is 12.7 Å². The van der Waals surface area contributed by atoms with Crippen LogP contribution >= 0.6 is 11.8 Å². The molecule has 0 amide bonds. The monoisotopic (exact) mass is 395 g/mol. The Balaban J connectivity index is 1.33. The van der Waals surface area contributed by atoms with E-state index in [2.05, 4.69) is 20.3 Å². The van der Waals surface area contributed by atoms with Crippen molar-refractivity contribution in [3.8, 4) is 17.1 Å². The molecular weight excluding hydrogens is 377 g/mol. The van der Waals surface area contributed by atoms with Crippen LogP contribution < -0.4 is 0 Å². The topological polar surface area (TPSA) is 69.6 Å². The third-order valence-electron chi connectivity index (χ3n) is 4.22. The van der Waals surface area contributed by atoms with Gasteiger partial charge in [-0.1, -0.05) is 47.3 Å². The number of aromatic nitrogens is 5. The summed E-state index contributed by atoms with van der Waals surface area (Å²) in [6.45, 7) is 1.72. The number of benzene rings is 2. The first-order valence-corrected chi connectivity index (χ1v) is 9.86. The van der Waals surface area contributed by atoms with Crippen molar-refractivity contribution < 1.29 is 8.91 Å². The average molecular weight is 395 g/mol. The number of nitrogens with zero attached hydrogens (tertiary/aromatic N) is 5. The molecule has 28 heavy (non-hydrogen) atoms. The number of thioether (sulfide) groups is 1. The summed E-state index contributed by atoms with van der Waals surface area (Å²) < 4.78 is 21.0. The zero-order valence-electron chi connectivity index (χ0n) is 15.2. The van der Waals surface area contributed by atoms with E-state index in [0.717, 1.165) is 23.0 Å². The van der Waals surface area contributed by atoms with Crippen molar-refractivity contribution in [2.24, 2.45) is 0 Å². The molecule has 2 heterocycles. The maximum Gasteiger partial charge on any atom is 0.226 e. The molecule has 0 aliphatic rings. The fraction of sp³-hybridized carbons (Fsp3) is 0.200. The van der Waals surface area contributed by atoms with Crippen molar-refractivity contribution in [1.82, 2.24) is 24.9 Å². The zero-order valence-corrected chi connectivity index (χ0v) is 16.1. The van der Waals surface area contributed by atoms with Crippen molar-refractivity contribution in [1.29, 1.82) is 0 Å². The lowest BCUT2D eigenvalue weighted by Gasteiger charge is -2.05. The summed E-state index contributed by atoms with van der Waals surface area (Å²) in [4.78, 5) is 4.36. The third-order valence-corrected chi connectivity index (χ3v) is 5.24. The van der Waals surface area contributed by atoms with Crippen LogP contribution in [0.3, 0.4) is 0 Å². The Morgan fingerprint density at radius 1 is 1.14 bits per heavy atom. The van der Waals surface area contributed by atoms with Crippen LogP contribution in [0.2, 0.25) is 0 Å². The zero-order chi connectivity index (χ0) is 19.3. The molecule has 0 fully saturated rings. The Kier molecular flexibility index (Phi) is 5.48. The van der Waals surface area contributed by atoms with Crippen LogP contribution in [0.5, 0.6) is 0 Å². The van der Waals surface area contributed by atoms with E-state index in [4.69, 9.17) is 4.52 Å². The van der Waals surface area contributed by atoms with Crippen molar-refractivity contribution >= 4 is 11.8 Å². The molecule has 4 rings (SSSR count). The molecule has 0 saturated carbocycles. The maximum atomic E-state index is 13.7. The van der Waals surface area contributed by atoms with E-state index in [9.17, 15) is 4.39 Å². The van der Waals surface area contributed by atoms with Gasteiger partial charge in [0.15, 0.2) is 5.16 Å². The summed E-state index contributed by atoms with van der Waals surface area (Å²) in [5.41, 5.74) is 2.23. The highest BCUT2D eigenvalue weighted by Crippen LogP contribution is 2.22. The first-order valence-electron chi connectivity index (χ1n) is 8.88. The Morgan fingerprint density at radius 2 is 2.00 bits per heavy atom. The van der Waals surface area contributed by atoms with Crippen LogP contribution in [0.1, 0.15) is 17.9 Å². The maximum absolute atomic E-state index is 13.7. The molecule has 0 saturated heterocycles. The number of hydrogen-bond donors (Lipinski definition) is 0. The molecule has 0 N–H and O–H groups in total. The molecule has 0 aliphatic heterocycles. The lowest BCUT2D eigenvalue weighted by atomic mass is 10.1. The lowest BCUT2D eigenvalue weighted by molar-refractivity contribution is 0.378. The van der Waals surface area contributed by atoms with E-state index < -0.39 is 0 Å². The Labute approximate surface area is 165 Å². The molecule has 0 unspecified atom stereocenters. The summed E-state index contributed by atoms with van der Waals surface area (Å²) in [5.74, 6) is 1.51. The molecule has 4 aromatic rings. The number of para-hydroxylation sites is 1. The van der Waals surface area contributed by atoms with Gasteiger partial charge in [-0.05, 0) is 37.1 Å². The highest BCUT2D eigenvalue weighted by atomic mass is 32.2. The third kappa shape index (κ3) is 4.12. The van der Waals surface area contributed by atoms with Crippen molar-refractivity contribution in [3.05, 3.63) is 72.1 Å². The molecule has 142 valence electrons. The summed E-state index contributed by atoms with van der Waals surface area (Å²) in [5, 5.41) is 13.0. The van der Waals surface area contributed by atoms with Gasteiger partial charge in [-0.25, -0.2) is 4.39 Å². The van der Waals surface area contributed by atoms with Gasteiger partial charge in [-0.15, -0.1) is 10.2 Å². The molecule has 8 heteroatoms. The second-order valence-electron chi connectivity index (χ2n) is 6.25. The Hall–Kier alpha value is -3.00. The number of halogens is 1. The quantitative estimate of drug-likeness (QED) is 0.339. The summed E-state index contributed by atoms with van der Waals surface area (Å²) >= 11 is 1.62. The minimum atomic E-state index is -0.275. The van der Waals surface area contributed by atoms with Crippen LogP contribution in [0.15, 0.2) is 64.5 Å². The molecule has 2 aromatic carbocycles. The van der Waals surface area contributed by atoms with E-state index in [1.54, 1.807) is 37.1 Å². The number of aryl methyl sites for hydroxylation is 2. The van der Waals surface area contributed by atoms with Gasteiger partial charge >= 0.3 is 0 Å². The number of rotatable bonds is 7. The fourth-order valence-electron chi connectivity index (χ4n) is 2.68. The predicted molar refractivity (Wildman–Crippen MR) is 105 cm³/mol. The van der Waals surface area contributed by atoms with E-state index in [-0.39, 0.29) is 5.82 Å². The van der Waals surface area contributed by atoms with Gasteiger partial charge in [0.2, 0.25) is 11.7 Å². The van der Waals surface area contributed by atoms with E-state index in [0.29, 0.717) is 29.3 Å². The summed E-state index contributed by atoms with van der Waals surface area (Å²) in [6.07, 6.45) is 3.20. The van der Waals surface area contributed by atoms with Crippen molar-refractivity contribution in [3.63, 3.8) is 0 Å². The molecule has 2 aromatic heterocycles. The molecule has 0 spiro atoms. The standard InChI is InChI=1S/C20H18FN5OS/c1-14-9-10-15(12-17(14)21)19-23-18(27-25-19)8-5-11-28-20-24-22-13-26(20)16-6-3-2-4-7-16/h2-4,6-7,9-10,12-13H,5,8,11H2,1H3. The Morgan fingerprint density at radius 3 is 2.82 bits per heavy atom. The van der Waals surface area contributed by atoms with Crippen LogP contribution in [-0.2, 0) is 6.42 Å². The Bertz CT molecular complexity index is 1060. The molecule has 0 radical (unpaired) electrons. The molecular formula is C20H18FN5OS. The van der Waals surface area contributed by atoms with Crippen LogP contribution in [0.25, 0.3) is 17.1 Å². The summed E-state index contributed by atoms with van der Waals surface area (Å²) in [7, 11) is 0. The molecule has 0 atom stereocenters. The smallest absolute Gasteiger partial charge is 0.226 e. The molecule has 6 nitrogen and oxygen atoms in total. The fourth-order valence-corrected chi connectivity index (χ4v) is 3.55. The van der Waals surface area contributed by atoms with Gasteiger partial charge in [0.05, 0.1) is 0 Å². The minimum absolute atomic E-state index is 0.275. The SMILES string of the molecule is Cc1ccc(-c2noc(CCCSc3nncn3-c3ccccc3)n2)cc1F. The van der Waals surface area contributed by atoms with Gasteiger partial charge in [0, 0.05) is 23.4 Å². The highest BCUT2D eigenvalue weighted by molar-refractivity contribution is 7.99. The van der Waals surface area contributed by atoms with Gasteiger partial charge in [-0.3, -0.25) is 4.57 Å². The van der Waals surface area contributed by atoms with Gasteiger partial charge in [0.25, 0.3) is 0 Å². The highest BCUT2D eigenvalue weighted by Gasteiger charge is 2.11. The van der Waals surface area contributed by atoms with E-state index >= 15 is 0 Å². The van der Waals surface area contributed by atoms with Gasteiger partial charge < -0.3 is 4.52 Å². The largest absolute Gasteiger partial charge is 0.339 e. The van der Waals surface area contributed by atoms with Crippen LogP contribution in [0.4, 0.5) is 4.39 Å². The second-order valence-corrected chi connectivity index (χ2v) is 7.31. The van der Waals surface area contributed by atoms with E-state index in [1.807, 2.05) is 34.9 Å². The normalized spacial score (nSPS) is 11.1. The summed E-state index contributed by atoms with van der Waals surface area (Å²) in [6, 6.07) is 14.9. The molecule has 0 aliphatic carbocycles. The first kappa shape index (κ1) is 18.4. The first-order chi connectivity index (χ1) is 13.7. The van der Waals surface area contributed by atoms with Crippen molar-refractivity contribution in [2.45, 2.75) is 24.9 Å². The van der Waals surface area contributed by atoms with Gasteiger partial charge in [0.1, 0.15) is 12.1 Å². The predicted octanol–water partition coefficient (Wildman–Crippen LogP) is 4.49. The van der Waals surface area contributed by atoms with Crippen LogP contribution in [-0.4, -0.2) is 30.7 Å². The van der Waals surface area contributed by atoms with E-state index in [1.165, 1.54) is 6.07 Å². The lowest BCUT2D eigenvalue weighted by Crippen LogP contribution is -1.96. The minimum Gasteiger partial charge on any atom is -0.339 e. The molecule has 0 bridgehead atoms. The average Bonchev–Trinajstić information content (AvgIpc) is 3.38. The van der Waals surface area contributed by atoms with Crippen molar-refractivity contribution in [2.75, 3.05) is 5.75 Å². The second kappa shape index (κ2) is 8.35. The number of hydrogen-bond acceptors (Lipinski definition) is 6.